The number of ether oxygens (including phenoxy) is 1. The van der Waals surface area contributed by atoms with Gasteiger partial charge in [0, 0.05) is 19.3 Å². The Morgan fingerprint density at radius 1 is 1.61 bits per heavy atom. The second-order valence-electron chi connectivity index (χ2n) is 4.36. The first-order valence-electron chi connectivity index (χ1n) is 5.79. The summed E-state index contributed by atoms with van der Waals surface area (Å²) in [7, 11) is 1.67. The third kappa shape index (κ3) is 2.44. The number of hydrogen-bond donors (Lipinski definition) is 1. The molecule has 0 aromatic heterocycles. The zero-order valence-electron chi connectivity index (χ0n) is 10.1. The third-order valence-corrected chi connectivity index (χ3v) is 3.64. The van der Waals surface area contributed by atoms with Crippen LogP contribution >= 0.6 is 11.6 Å². The summed E-state index contributed by atoms with van der Waals surface area (Å²) in [5.74, 6) is 0. The molecular weight excluding hydrogens is 252 g/mol. The number of rotatable bonds is 3. The molecule has 1 heterocycles. The van der Waals surface area contributed by atoms with E-state index in [1.165, 1.54) is 0 Å². The van der Waals surface area contributed by atoms with Crippen LogP contribution in [0.15, 0.2) is 18.2 Å². The van der Waals surface area contributed by atoms with Crippen LogP contribution in [-0.4, -0.2) is 37.5 Å². The molecule has 4 nitrogen and oxygen atoms in total. The second kappa shape index (κ2) is 5.57. The minimum atomic E-state index is 0.0407. The Morgan fingerprint density at radius 2 is 2.39 bits per heavy atom. The quantitative estimate of drug-likeness (QED) is 0.906. The first-order valence-corrected chi connectivity index (χ1v) is 6.17. The molecule has 0 bridgehead atoms. The predicted octanol–water partition coefficient (Wildman–Crippen LogP) is 1.80. The summed E-state index contributed by atoms with van der Waals surface area (Å²) in [6.45, 7) is 0.807. The fourth-order valence-electron chi connectivity index (χ4n) is 2.31. The van der Waals surface area contributed by atoms with E-state index in [-0.39, 0.29) is 18.8 Å². The van der Waals surface area contributed by atoms with Gasteiger partial charge in [0.1, 0.15) is 6.07 Å². The molecule has 0 saturated carbocycles. The third-order valence-electron chi connectivity index (χ3n) is 3.32. The van der Waals surface area contributed by atoms with Gasteiger partial charge in [-0.25, -0.2) is 0 Å². The van der Waals surface area contributed by atoms with Crippen LogP contribution in [0.1, 0.15) is 12.0 Å². The molecule has 1 aromatic rings. The molecule has 2 rings (SSSR count). The molecule has 0 spiro atoms. The van der Waals surface area contributed by atoms with Crippen LogP contribution in [0.5, 0.6) is 0 Å². The molecule has 0 radical (unpaired) electrons. The zero-order valence-corrected chi connectivity index (χ0v) is 10.9. The number of hydrogen-bond acceptors (Lipinski definition) is 4. The summed E-state index contributed by atoms with van der Waals surface area (Å²) in [5, 5.41) is 18.7. The van der Waals surface area contributed by atoms with Crippen molar-refractivity contribution in [2.75, 3.05) is 25.2 Å². The lowest BCUT2D eigenvalue weighted by Crippen LogP contribution is -2.32. The monoisotopic (exact) mass is 266 g/mol. The first kappa shape index (κ1) is 13.2. The molecule has 96 valence electrons. The number of nitrogens with zero attached hydrogens (tertiary/aromatic N) is 2. The molecule has 0 aliphatic carbocycles. The molecule has 1 N–H and O–H groups in total. The Bertz CT molecular complexity index is 473. The summed E-state index contributed by atoms with van der Waals surface area (Å²) in [6.07, 6.45) is 0.918. The largest absolute Gasteiger partial charge is 0.394 e. The molecule has 5 heteroatoms. The molecule has 0 amide bonds. The van der Waals surface area contributed by atoms with Gasteiger partial charge in [-0.05, 0) is 24.6 Å². The van der Waals surface area contributed by atoms with E-state index in [0.717, 1.165) is 18.7 Å². The van der Waals surface area contributed by atoms with Gasteiger partial charge >= 0.3 is 0 Å². The van der Waals surface area contributed by atoms with E-state index in [9.17, 15) is 5.11 Å². The lowest BCUT2D eigenvalue weighted by Gasteiger charge is -2.25. The van der Waals surface area contributed by atoms with Crippen LogP contribution in [0, 0.1) is 11.3 Å². The van der Waals surface area contributed by atoms with Gasteiger partial charge in [0.25, 0.3) is 0 Å². The minimum Gasteiger partial charge on any atom is -0.394 e. The average Bonchev–Trinajstić information content (AvgIpc) is 2.82. The van der Waals surface area contributed by atoms with Crippen LogP contribution in [0.4, 0.5) is 5.69 Å². The Labute approximate surface area is 111 Å². The number of aliphatic hydroxyl groups excluding tert-OH is 1. The summed E-state index contributed by atoms with van der Waals surface area (Å²) in [4.78, 5) is 2.07. The minimum absolute atomic E-state index is 0.0407. The molecule has 0 unspecified atom stereocenters. The maximum absolute atomic E-state index is 9.40. The number of anilines is 1. The molecule has 1 aliphatic heterocycles. The van der Waals surface area contributed by atoms with E-state index in [1.807, 2.05) is 12.1 Å². The molecule has 18 heavy (non-hydrogen) atoms. The summed E-state index contributed by atoms with van der Waals surface area (Å²) >= 11 is 6.03. The highest BCUT2D eigenvalue weighted by Crippen LogP contribution is 2.30. The maximum atomic E-state index is 9.40. The van der Waals surface area contributed by atoms with Crippen LogP contribution in [-0.2, 0) is 4.74 Å². The summed E-state index contributed by atoms with van der Waals surface area (Å²) in [6, 6.07) is 7.39. The fourth-order valence-corrected chi connectivity index (χ4v) is 2.52. The molecule has 2 atom stereocenters. The van der Waals surface area contributed by atoms with Crippen molar-refractivity contribution in [3.8, 4) is 6.07 Å². The molecule has 1 aromatic carbocycles. The van der Waals surface area contributed by atoms with Crippen molar-refractivity contribution in [2.45, 2.75) is 18.6 Å². The molecule has 1 saturated heterocycles. The van der Waals surface area contributed by atoms with Crippen molar-refractivity contribution in [1.82, 2.24) is 0 Å². The number of halogens is 1. The van der Waals surface area contributed by atoms with Gasteiger partial charge in [-0.2, -0.15) is 5.26 Å². The Hall–Kier alpha value is -1.28. The first-order chi connectivity index (χ1) is 8.69. The van der Waals surface area contributed by atoms with E-state index in [0.29, 0.717) is 10.6 Å². The van der Waals surface area contributed by atoms with E-state index in [4.69, 9.17) is 21.6 Å². The number of methoxy groups -OCH3 is 1. The lowest BCUT2D eigenvalue weighted by molar-refractivity contribution is 0.115. The average molecular weight is 267 g/mol. The van der Waals surface area contributed by atoms with Crippen molar-refractivity contribution < 1.29 is 9.84 Å². The zero-order chi connectivity index (χ0) is 13.1. The normalized spacial score (nSPS) is 23.1. The van der Waals surface area contributed by atoms with Gasteiger partial charge in [-0.3, -0.25) is 0 Å². The van der Waals surface area contributed by atoms with Gasteiger partial charge in [0.05, 0.1) is 29.3 Å². The van der Waals surface area contributed by atoms with Crippen molar-refractivity contribution in [2.24, 2.45) is 0 Å². The molecular formula is C13H15ClN2O2. The van der Waals surface area contributed by atoms with Crippen molar-refractivity contribution in [3.05, 3.63) is 28.8 Å². The standard InChI is InChI=1S/C13H15ClN2O2/c1-18-12-4-11(8-17)16(7-12)10-3-2-9(6-15)13(14)5-10/h2-3,5,11-12,17H,4,7-8H2,1H3/t11-,12-/m0/s1. The highest BCUT2D eigenvalue weighted by atomic mass is 35.5. The Morgan fingerprint density at radius 3 is 2.94 bits per heavy atom. The van der Waals surface area contributed by atoms with Crippen LogP contribution in [0.25, 0.3) is 0 Å². The SMILES string of the molecule is CO[C@H]1C[C@@H](CO)N(c2ccc(C#N)c(Cl)c2)C1. The summed E-state index contributed by atoms with van der Waals surface area (Å²) < 4.78 is 5.33. The van der Waals surface area contributed by atoms with Crippen LogP contribution in [0.2, 0.25) is 5.02 Å². The smallest absolute Gasteiger partial charge is 0.101 e. The van der Waals surface area contributed by atoms with Crippen LogP contribution in [0.3, 0.4) is 0 Å². The molecule has 1 aliphatic rings. The highest BCUT2D eigenvalue weighted by molar-refractivity contribution is 6.32. The highest BCUT2D eigenvalue weighted by Gasteiger charge is 2.31. The van der Waals surface area contributed by atoms with Crippen molar-refractivity contribution >= 4 is 17.3 Å². The molecule has 1 fully saturated rings. The Balaban J connectivity index is 2.25. The van der Waals surface area contributed by atoms with Gasteiger partial charge in [-0.15, -0.1) is 0 Å². The second-order valence-corrected chi connectivity index (χ2v) is 4.77. The predicted molar refractivity (Wildman–Crippen MR) is 69.8 cm³/mol. The number of benzene rings is 1. The van der Waals surface area contributed by atoms with Crippen molar-refractivity contribution in [3.63, 3.8) is 0 Å². The van der Waals surface area contributed by atoms with E-state index >= 15 is 0 Å². The van der Waals surface area contributed by atoms with Crippen molar-refractivity contribution in [1.29, 1.82) is 5.26 Å². The summed E-state index contributed by atoms with van der Waals surface area (Å²) in [5.41, 5.74) is 1.38. The van der Waals surface area contributed by atoms with E-state index < -0.39 is 0 Å². The van der Waals surface area contributed by atoms with Gasteiger partial charge < -0.3 is 14.7 Å². The number of aliphatic hydroxyl groups is 1. The number of nitriles is 1. The van der Waals surface area contributed by atoms with E-state index in [1.54, 1.807) is 19.2 Å². The van der Waals surface area contributed by atoms with Crippen LogP contribution < -0.4 is 4.90 Å². The van der Waals surface area contributed by atoms with Gasteiger partial charge in [-0.1, -0.05) is 11.6 Å². The van der Waals surface area contributed by atoms with Gasteiger partial charge in [0.15, 0.2) is 0 Å². The Kier molecular flexibility index (Phi) is 4.07. The lowest BCUT2D eigenvalue weighted by atomic mass is 10.2. The maximum Gasteiger partial charge on any atom is 0.101 e. The van der Waals surface area contributed by atoms with E-state index in [2.05, 4.69) is 4.90 Å². The topological polar surface area (TPSA) is 56.5 Å². The van der Waals surface area contributed by atoms with Gasteiger partial charge in [0.2, 0.25) is 0 Å². The fraction of sp³-hybridized carbons (Fsp3) is 0.462.